The fraction of sp³-hybridized carbons (Fsp3) is 0.222. The number of hydrogen-bond donors (Lipinski definition) is 1. The minimum Gasteiger partial charge on any atom is -0.490 e. The van der Waals surface area contributed by atoms with Crippen molar-refractivity contribution in [3.05, 3.63) is 65.5 Å². The first-order valence-electron chi connectivity index (χ1n) is 7.44. The molecule has 0 saturated carbocycles. The van der Waals surface area contributed by atoms with Gasteiger partial charge in [-0.05, 0) is 30.7 Å². The van der Waals surface area contributed by atoms with Gasteiger partial charge in [-0.2, -0.15) is 0 Å². The highest BCUT2D eigenvalue weighted by atomic mass is 19.1. The van der Waals surface area contributed by atoms with E-state index in [1.165, 1.54) is 18.2 Å². The number of ether oxygens (including phenoxy) is 2. The first-order chi connectivity index (χ1) is 11.6. The van der Waals surface area contributed by atoms with E-state index in [1.54, 1.807) is 6.07 Å². The molecule has 0 aliphatic carbocycles. The molecule has 0 spiro atoms. The maximum absolute atomic E-state index is 13.4. The minimum atomic E-state index is -0.666. The Labute approximate surface area is 139 Å². The van der Waals surface area contributed by atoms with Crippen molar-refractivity contribution in [2.75, 3.05) is 19.8 Å². The van der Waals surface area contributed by atoms with Crippen LogP contribution >= 0.6 is 0 Å². The summed E-state index contributed by atoms with van der Waals surface area (Å²) < 4.78 is 23.8. The normalized spacial score (nSPS) is 10.1. The van der Waals surface area contributed by atoms with Crippen LogP contribution in [0.5, 0.6) is 5.75 Å². The number of esters is 1. The van der Waals surface area contributed by atoms with E-state index in [1.807, 2.05) is 31.2 Å². The van der Waals surface area contributed by atoms with Gasteiger partial charge < -0.3 is 14.8 Å². The van der Waals surface area contributed by atoms with Crippen LogP contribution < -0.4 is 10.1 Å². The van der Waals surface area contributed by atoms with E-state index in [0.29, 0.717) is 0 Å². The molecule has 2 aromatic carbocycles. The molecule has 0 fully saturated rings. The number of rotatable bonds is 7. The third kappa shape index (κ3) is 5.08. The van der Waals surface area contributed by atoms with Crippen LogP contribution in [0.1, 0.15) is 15.9 Å². The van der Waals surface area contributed by atoms with Crippen molar-refractivity contribution < 1.29 is 23.5 Å². The Morgan fingerprint density at radius 3 is 2.50 bits per heavy atom. The van der Waals surface area contributed by atoms with Gasteiger partial charge in [-0.25, -0.2) is 4.39 Å². The van der Waals surface area contributed by atoms with Crippen molar-refractivity contribution in [1.29, 1.82) is 0 Å². The monoisotopic (exact) mass is 331 g/mol. The molecule has 0 saturated heterocycles. The van der Waals surface area contributed by atoms with Crippen molar-refractivity contribution in [2.24, 2.45) is 0 Å². The zero-order chi connectivity index (χ0) is 17.4. The van der Waals surface area contributed by atoms with Gasteiger partial charge in [-0.3, -0.25) is 9.59 Å². The molecule has 2 aromatic rings. The molecule has 0 aliphatic rings. The molecule has 0 aromatic heterocycles. The molecular weight excluding hydrogens is 313 g/mol. The highest BCUT2D eigenvalue weighted by molar-refractivity contribution is 5.96. The fourth-order valence-electron chi connectivity index (χ4n) is 1.97. The highest BCUT2D eigenvalue weighted by Crippen LogP contribution is 2.15. The van der Waals surface area contributed by atoms with E-state index in [9.17, 15) is 14.0 Å². The van der Waals surface area contributed by atoms with E-state index in [2.05, 4.69) is 5.32 Å². The van der Waals surface area contributed by atoms with E-state index >= 15 is 0 Å². The summed E-state index contributed by atoms with van der Waals surface area (Å²) in [5.74, 6) is -1.20. The summed E-state index contributed by atoms with van der Waals surface area (Å²) in [5.41, 5.74) is 0.870. The standard InChI is InChI=1S/C18H18FNO4/c1-13-6-2-5-9-16(13)23-10-11-24-17(21)12-20-18(22)14-7-3-4-8-15(14)19/h2-9H,10-12H2,1H3,(H,20,22). The van der Waals surface area contributed by atoms with Gasteiger partial charge in [0.25, 0.3) is 5.91 Å². The van der Waals surface area contributed by atoms with E-state index in [4.69, 9.17) is 9.47 Å². The lowest BCUT2D eigenvalue weighted by Gasteiger charge is -2.10. The Kier molecular flexibility index (Phi) is 6.31. The summed E-state index contributed by atoms with van der Waals surface area (Å²) in [7, 11) is 0. The first-order valence-corrected chi connectivity index (χ1v) is 7.44. The lowest BCUT2D eigenvalue weighted by Crippen LogP contribution is -2.31. The van der Waals surface area contributed by atoms with Gasteiger partial charge in [0, 0.05) is 0 Å². The van der Waals surface area contributed by atoms with Crippen LogP contribution in [0.25, 0.3) is 0 Å². The topological polar surface area (TPSA) is 64.6 Å². The number of carbonyl (C=O) groups excluding carboxylic acids is 2. The van der Waals surface area contributed by atoms with Crippen molar-refractivity contribution in [3.8, 4) is 5.75 Å². The Morgan fingerprint density at radius 2 is 1.75 bits per heavy atom. The van der Waals surface area contributed by atoms with Gasteiger partial charge in [0.1, 0.15) is 31.3 Å². The molecule has 0 unspecified atom stereocenters. The van der Waals surface area contributed by atoms with Crippen LogP contribution in [0.15, 0.2) is 48.5 Å². The zero-order valence-electron chi connectivity index (χ0n) is 13.3. The Hall–Kier alpha value is -2.89. The summed E-state index contributed by atoms with van der Waals surface area (Å²) in [5, 5.41) is 2.31. The van der Waals surface area contributed by atoms with Gasteiger partial charge in [0.2, 0.25) is 0 Å². The highest BCUT2D eigenvalue weighted by Gasteiger charge is 2.12. The average molecular weight is 331 g/mol. The Balaban J connectivity index is 1.68. The van der Waals surface area contributed by atoms with E-state index < -0.39 is 17.7 Å². The van der Waals surface area contributed by atoms with Gasteiger partial charge >= 0.3 is 5.97 Å². The predicted octanol–water partition coefficient (Wildman–Crippen LogP) is 2.49. The summed E-state index contributed by atoms with van der Waals surface area (Å²) in [6.45, 7) is 1.84. The van der Waals surface area contributed by atoms with Crippen LogP contribution in [-0.2, 0) is 9.53 Å². The number of benzene rings is 2. The van der Waals surface area contributed by atoms with Crippen LogP contribution in [0.3, 0.4) is 0 Å². The van der Waals surface area contributed by atoms with Crippen LogP contribution in [0.2, 0.25) is 0 Å². The largest absolute Gasteiger partial charge is 0.490 e. The molecule has 0 bridgehead atoms. The first kappa shape index (κ1) is 17.5. The quantitative estimate of drug-likeness (QED) is 0.625. The number of aryl methyl sites for hydroxylation is 1. The molecule has 2 rings (SSSR count). The molecule has 126 valence electrons. The summed E-state index contributed by atoms with van der Waals surface area (Å²) in [6.07, 6.45) is 0. The van der Waals surface area contributed by atoms with E-state index in [-0.39, 0.29) is 25.3 Å². The number of nitrogens with one attached hydrogen (secondary N) is 1. The van der Waals surface area contributed by atoms with Crippen LogP contribution in [0.4, 0.5) is 4.39 Å². The molecule has 6 heteroatoms. The second-order valence-corrected chi connectivity index (χ2v) is 5.00. The van der Waals surface area contributed by atoms with Crippen molar-refractivity contribution >= 4 is 11.9 Å². The number of halogens is 1. The molecule has 0 atom stereocenters. The lowest BCUT2D eigenvalue weighted by molar-refractivity contribution is -0.143. The number of carbonyl (C=O) groups is 2. The molecule has 0 heterocycles. The molecule has 0 radical (unpaired) electrons. The molecule has 1 N–H and O–H groups in total. The van der Waals surface area contributed by atoms with Gasteiger partial charge in [-0.1, -0.05) is 30.3 Å². The maximum Gasteiger partial charge on any atom is 0.325 e. The third-order valence-corrected chi connectivity index (χ3v) is 3.21. The average Bonchev–Trinajstić information content (AvgIpc) is 2.58. The van der Waals surface area contributed by atoms with Crippen molar-refractivity contribution in [3.63, 3.8) is 0 Å². The molecule has 0 aliphatic heterocycles. The molecule has 1 amide bonds. The second kappa shape index (κ2) is 8.67. The second-order valence-electron chi connectivity index (χ2n) is 5.00. The van der Waals surface area contributed by atoms with Gasteiger partial charge in [0.05, 0.1) is 5.56 Å². The smallest absolute Gasteiger partial charge is 0.325 e. The minimum absolute atomic E-state index is 0.0583. The maximum atomic E-state index is 13.4. The number of hydrogen-bond acceptors (Lipinski definition) is 4. The fourth-order valence-corrected chi connectivity index (χ4v) is 1.97. The molecule has 24 heavy (non-hydrogen) atoms. The zero-order valence-corrected chi connectivity index (χ0v) is 13.3. The third-order valence-electron chi connectivity index (χ3n) is 3.21. The summed E-state index contributed by atoms with van der Waals surface area (Å²) in [4.78, 5) is 23.3. The molecular formula is C18H18FNO4. The van der Waals surface area contributed by atoms with Crippen molar-refractivity contribution in [2.45, 2.75) is 6.92 Å². The van der Waals surface area contributed by atoms with Crippen LogP contribution in [0, 0.1) is 12.7 Å². The Morgan fingerprint density at radius 1 is 1.04 bits per heavy atom. The summed E-state index contributed by atoms with van der Waals surface area (Å²) in [6, 6.07) is 13.0. The number of para-hydroxylation sites is 1. The SMILES string of the molecule is Cc1ccccc1OCCOC(=O)CNC(=O)c1ccccc1F. The lowest BCUT2D eigenvalue weighted by atomic mass is 10.2. The van der Waals surface area contributed by atoms with Crippen molar-refractivity contribution in [1.82, 2.24) is 5.32 Å². The van der Waals surface area contributed by atoms with Gasteiger partial charge in [0.15, 0.2) is 0 Å². The van der Waals surface area contributed by atoms with E-state index in [0.717, 1.165) is 11.3 Å². The Bertz CT molecular complexity index is 718. The predicted molar refractivity (Wildman–Crippen MR) is 86.4 cm³/mol. The van der Waals surface area contributed by atoms with Gasteiger partial charge in [-0.15, -0.1) is 0 Å². The van der Waals surface area contributed by atoms with Crippen LogP contribution in [-0.4, -0.2) is 31.6 Å². The number of amides is 1. The molecule has 5 nitrogen and oxygen atoms in total. The summed E-state index contributed by atoms with van der Waals surface area (Å²) >= 11 is 0.